The van der Waals surface area contributed by atoms with Gasteiger partial charge in [-0.1, -0.05) is 0 Å². The van der Waals surface area contributed by atoms with Gasteiger partial charge < -0.3 is 10.1 Å². The third-order valence-electron chi connectivity index (χ3n) is 3.80. The van der Waals surface area contributed by atoms with Gasteiger partial charge in [0.25, 0.3) is 0 Å². The lowest BCUT2D eigenvalue weighted by Crippen LogP contribution is -2.08. The maximum atomic E-state index is 14.2. The Morgan fingerprint density at radius 2 is 1.96 bits per heavy atom. The number of aromatic hydroxyl groups is 1. The number of carbonyl (C=O) groups is 1. The van der Waals surface area contributed by atoms with Crippen molar-refractivity contribution in [2.45, 2.75) is 20.4 Å². The van der Waals surface area contributed by atoms with Crippen LogP contribution < -0.4 is 5.43 Å². The van der Waals surface area contributed by atoms with Gasteiger partial charge in [0.2, 0.25) is 5.43 Å². The molecule has 0 bridgehead atoms. The van der Waals surface area contributed by atoms with E-state index >= 15 is 0 Å². The van der Waals surface area contributed by atoms with Crippen LogP contribution in [0.1, 0.15) is 23.0 Å². The number of hydrogen-bond donors (Lipinski definition) is 2. The van der Waals surface area contributed by atoms with Crippen molar-refractivity contribution in [1.29, 1.82) is 0 Å². The van der Waals surface area contributed by atoms with Gasteiger partial charge in [0, 0.05) is 12.1 Å². The lowest BCUT2D eigenvalue weighted by molar-refractivity contribution is 0.112. The number of aryl methyl sites for hydroxylation is 2. The quantitative estimate of drug-likeness (QED) is 0.721. The fourth-order valence-corrected chi connectivity index (χ4v) is 2.70. The SMILES string of the molecule is CCn1nc(C)c2c(=O)c(O)c(-c3c(F)cc(C=O)cc3F)[nH]c21. The predicted molar refractivity (Wildman–Crippen MR) is 83.2 cm³/mol. The molecule has 0 spiro atoms. The number of aromatic nitrogens is 3. The number of rotatable bonds is 3. The highest BCUT2D eigenvalue weighted by molar-refractivity contribution is 5.85. The molecule has 6 nitrogen and oxygen atoms in total. The molecule has 124 valence electrons. The zero-order chi connectivity index (χ0) is 17.6. The number of fused-ring (bicyclic) bond motifs is 1. The average Bonchev–Trinajstić information content (AvgIpc) is 2.87. The Morgan fingerprint density at radius 1 is 1.33 bits per heavy atom. The molecule has 3 rings (SSSR count). The molecule has 0 unspecified atom stereocenters. The largest absolute Gasteiger partial charge is 0.503 e. The third kappa shape index (κ3) is 2.18. The van der Waals surface area contributed by atoms with Gasteiger partial charge in [-0.05, 0) is 26.0 Å². The first-order chi connectivity index (χ1) is 11.4. The molecule has 2 N–H and O–H groups in total. The van der Waals surface area contributed by atoms with E-state index < -0.39 is 34.1 Å². The van der Waals surface area contributed by atoms with Crippen LogP contribution in [-0.2, 0) is 6.54 Å². The average molecular weight is 333 g/mol. The van der Waals surface area contributed by atoms with Gasteiger partial charge in [-0.15, -0.1) is 0 Å². The summed E-state index contributed by atoms with van der Waals surface area (Å²) in [7, 11) is 0. The minimum atomic E-state index is -1.07. The summed E-state index contributed by atoms with van der Waals surface area (Å²) in [6.45, 7) is 3.80. The third-order valence-corrected chi connectivity index (χ3v) is 3.80. The van der Waals surface area contributed by atoms with Crippen molar-refractivity contribution in [3.05, 3.63) is 45.2 Å². The van der Waals surface area contributed by atoms with Crippen LogP contribution in [0, 0.1) is 18.6 Å². The van der Waals surface area contributed by atoms with Crippen molar-refractivity contribution < 1.29 is 18.7 Å². The molecule has 0 aliphatic carbocycles. The van der Waals surface area contributed by atoms with E-state index in [2.05, 4.69) is 10.1 Å². The summed E-state index contributed by atoms with van der Waals surface area (Å²) in [6.07, 6.45) is 0.303. The maximum absolute atomic E-state index is 14.2. The van der Waals surface area contributed by atoms with E-state index in [1.165, 1.54) is 4.68 Å². The zero-order valence-electron chi connectivity index (χ0n) is 12.9. The molecular formula is C16H13F2N3O3. The van der Waals surface area contributed by atoms with Crippen LogP contribution in [0.25, 0.3) is 22.3 Å². The molecule has 8 heteroatoms. The van der Waals surface area contributed by atoms with Crippen LogP contribution >= 0.6 is 0 Å². The molecular weight excluding hydrogens is 320 g/mol. The van der Waals surface area contributed by atoms with E-state index in [4.69, 9.17) is 0 Å². The number of carbonyl (C=O) groups excluding carboxylic acids is 1. The smallest absolute Gasteiger partial charge is 0.235 e. The van der Waals surface area contributed by atoms with Gasteiger partial charge in [-0.3, -0.25) is 9.59 Å². The van der Waals surface area contributed by atoms with Gasteiger partial charge in [0.1, 0.15) is 23.6 Å². The maximum Gasteiger partial charge on any atom is 0.235 e. The second kappa shape index (κ2) is 5.55. The minimum absolute atomic E-state index is 0.156. The number of nitrogens with zero attached hydrogens (tertiary/aromatic N) is 2. The van der Waals surface area contributed by atoms with Crippen LogP contribution in [0.15, 0.2) is 16.9 Å². The Balaban J connectivity index is 2.42. The molecule has 0 radical (unpaired) electrons. The molecule has 0 aliphatic rings. The van der Waals surface area contributed by atoms with Crippen molar-refractivity contribution in [3.8, 4) is 17.0 Å². The molecule has 0 atom stereocenters. The molecule has 2 aromatic heterocycles. The monoisotopic (exact) mass is 333 g/mol. The summed E-state index contributed by atoms with van der Waals surface area (Å²) in [5.41, 5.74) is -1.31. The molecule has 3 aromatic rings. The second-order valence-corrected chi connectivity index (χ2v) is 5.28. The number of halogens is 2. The van der Waals surface area contributed by atoms with Gasteiger partial charge in [-0.2, -0.15) is 5.10 Å². The highest BCUT2D eigenvalue weighted by atomic mass is 19.1. The van der Waals surface area contributed by atoms with E-state index in [-0.39, 0.29) is 16.6 Å². The van der Waals surface area contributed by atoms with Crippen molar-refractivity contribution in [3.63, 3.8) is 0 Å². The Bertz CT molecular complexity index is 1010. The fraction of sp³-hybridized carbons (Fsp3) is 0.188. The Labute approximate surface area is 134 Å². The van der Waals surface area contributed by atoms with Gasteiger partial charge >= 0.3 is 0 Å². The van der Waals surface area contributed by atoms with Crippen LogP contribution in [0.4, 0.5) is 8.78 Å². The first kappa shape index (κ1) is 15.9. The van der Waals surface area contributed by atoms with E-state index in [0.29, 0.717) is 18.5 Å². The van der Waals surface area contributed by atoms with Gasteiger partial charge in [0.15, 0.2) is 5.75 Å². The number of hydrogen-bond acceptors (Lipinski definition) is 4. The number of pyridine rings is 1. The first-order valence-corrected chi connectivity index (χ1v) is 7.16. The van der Waals surface area contributed by atoms with Crippen LogP contribution in [0.5, 0.6) is 5.75 Å². The molecule has 0 amide bonds. The summed E-state index contributed by atoms with van der Waals surface area (Å²) in [6, 6.07) is 1.66. The van der Waals surface area contributed by atoms with Crippen molar-refractivity contribution in [2.24, 2.45) is 0 Å². The van der Waals surface area contributed by atoms with Crippen molar-refractivity contribution in [1.82, 2.24) is 14.8 Å². The van der Waals surface area contributed by atoms with Crippen LogP contribution in [-0.4, -0.2) is 26.2 Å². The summed E-state index contributed by atoms with van der Waals surface area (Å²) in [4.78, 5) is 25.8. The standard InChI is InChI=1S/C16H13F2N3O3/c1-3-21-16-11(7(2)20-21)14(23)15(24)13(19-16)12-9(17)4-8(6-22)5-10(12)18/h4-6,24H,3H2,1-2H3,(H,19,23). The van der Waals surface area contributed by atoms with E-state index in [1.807, 2.05) is 0 Å². The minimum Gasteiger partial charge on any atom is -0.503 e. The Morgan fingerprint density at radius 3 is 2.50 bits per heavy atom. The summed E-state index contributed by atoms with van der Waals surface area (Å²) in [5, 5.41) is 14.5. The Kier molecular flexibility index (Phi) is 3.67. The van der Waals surface area contributed by atoms with Gasteiger partial charge in [-0.25, -0.2) is 13.5 Å². The highest BCUT2D eigenvalue weighted by Crippen LogP contribution is 2.32. The normalized spacial score (nSPS) is 11.2. The van der Waals surface area contributed by atoms with Crippen molar-refractivity contribution >= 4 is 17.3 Å². The van der Waals surface area contributed by atoms with Gasteiger partial charge in [0.05, 0.1) is 22.3 Å². The first-order valence-electron chi connectivity index (χ1n) is 7.16. The molecule has 24 heavy (non-hydrogen) atoms. The van der Waals surface area contributed by atoms with E-state index in [9.17, 15) is 23.5 Å². The Hall–Kier alpha value is -3.03. The number of aldehydes is 1. The molecule has 0 fully saturated rings. The van der Waals surface area contributed by atoms with Crippen LogP contribution in [0.3, 0.4) is 0 Å². The summed E-state index contributed by atoms with van der Waals surface area (Å²) >= 11 is 0. The zero-order valence-corrected chi connectivity index (χ0v) is 12.9. The molecule has 0 saturated heterocycles. The second-order valence-electron chi connectivity index (χ2n) is 5.28. The lowest BCUT2D eigenvalue weighted by atomic mass is 10.1. The molecule has 0 aliphatic heterocycles. The lowest BCUT2D eigenvalue weighted by Gasteiger charge is -2.09. The highest BCUT2D eigenvalue weighted by Gasteiger charge is 2.23. The molecule has 1 aromatic carbocycles. The van der Waals surface area contributed by atoms with Crippen LogP contribution in [0.2, 0.25) is 0 Å². The number of aromatic amines is 1. The fourth-order valence-electron chi connectivity index (χ4n) is 2.70. The van der Waals surface area contributed by atoms with E-state index in [0.717, 1.165) is 12.1 Å². The number of H-pyrrole nitrogens is 1. The molecule has 2 heterocycles. The molecule has 0 saturated carbocycles. The predicted octanol–water partition coefficient (Wildman–Crippen LogP) is 2.52. The van der Waals surface area contributed by atoms with E-state index in [1.54, 1.807) is 13.8 Å². The topological polar surface area (TPSA) is 88.0 Å². The summed E-state index contributed by atoms with van der Waals surface area (Å²) < 4.78 is 29.9. The number of benzene rings is 1. The number of nitrogens with one attached hydrogen (secondary N) is 1. The summed E-state index contributed by atoms with van der Waals surface area (Å²) in [5.74, 6) is -2.94. The van der Waals surface area contributed by atoms with Crippen molar-refractivity contribution in [2.75, 3.05) is 0 Å².